The highest BCUT2D eigenvalue weighted by atomic mass is 16.6. The Morgan fingerprint density at radius 3 is 1.63 bits per heavy atom. The summed E-state index contributed by atoms with van der Waals surface area (Å²) in [7, 11) is 0. The molecule has 0 aromatic heterocycles. The van der Waals surface area contributed by atoms with E-state index in [1.807, 2.05) is 0 Å². The molecular weight excluding hydrogens is 518 g/mol. The number of unbranched alkanes of at least 4 members (excludes halogenated alkanes) is 9. The van der Waals surface area contributed by atoms with Gasteiger partial charge in [0.05, 0.1) is 13.2 Å². The highest BCUT2D eigenvalue weighted by molar-refractivity contribution is 5.75. The maximum Gasteiger partial charge on any atom is 0.306 e. The van der Waals surface area contributed by atoms with Crippen LogP contribution in [0.5, 0.6) is 0 Å². The molecular formula is C34H65NO6. The average Bonchev–Trinajstić information content (AvgIpc) is 2.96. The van der Waals surface area contributed by atoms with Crippen LogP contribution in [0.4, 0.5) is 0 Å². The van der Waals surface area contributed by atoms with Crippen molar-refractivity contribution in [3.63, 3.8) is 0 Å². The molecule has 0 aromatic carbocycles. The summed E-state index contributed by atoms with van der Waals surface area (Å²) in [5, 5.41) is 19.8. The summed E-state index contributed by atoms with van der Waals surface area (Å²) >= 11 is 0. The monoisotopic (exact) mass is 583 g/mol. The molecule has 0 fully saturated rings. The van der Waals surface area contributed by atoms with Crippen LogP contribution in [0, 0.1) is 83.0 Å². The lowest BCUT2D eigenvalue weighted by molar-refractivity contribution is -0.157. The van der Waals surface area contributed by atoms with Gasteiger partial charge < -0.3 is 19.7 Å². The summed E-state index contributed by atoms with van der Waals surface area (Å²) in [6, 6.07) is 2.34. The van der Waals surface area contributed by atoms with Gasteiger partial charge in [0.15, 0.2) is 0 Å². The predicted molar refractivity (Wildman–Crippen MR) is 186 cm³/mol. The second kappa shape index (κ2) is 33.8. The molecule has 0 aliphatic heterocycles. The Morgan fingerprint density at radius 1 is 0.732 bits per heavy atom. The molecule has 0 bridgehead atoms. The molecule has 3 N–H and O–H groups in total. The van der Waals surface area contributed by atoms with E-state index in [2.05, 4.69) is 95.3 Å². The minimum absolute atomic E-state index is 0. The minimum atomic E-state index is -0.678. The molecule has 1 amide bonds. The number of aliphatic hydroxyl groups excluding tert-OH is 2. The second-order valence-corrected chi connectivity index (χ2v) is 8.28. The number of aliphatic hydroxyl groups is 2. The predicted octanol–water partition coefficient (Wildman–Crippen LogP) is 6.24. The van der Waals surface area contributed by atoms with Crippen molar-refractivity contribution < 1.29 is 46.4 Å². The normalized spacial score (nSPS) is 8.80. The van der Waals surface area contributed by atoms with E-state index in [0.717, 1.165) is 19.3 Å². The van der Waals surface area contributed by atoms with E-state index in [1.165, 1.54) is 51.9 Å². The third-order valence-corrected chi connectivity index (χ3v) is 4.74. The minimum Gasteiger partial charge on any atom is -0.457 e. The van der Waals surface area contributed by atoms with Crippen LogP contribution in [0.15, 0.2) is 0 Å². The molecule has 242 valence electrons. The van der Waals surface area contributed by atoms with Gasteiger partial charge in [0, 0.05) is 72.0 Å². The van der Waals surface area contributed by atoms with E-state index in [4.69, 9.17) is 19.7 Å². The molecule has 0 aliphatic carbocycles. The molecule has 7 heteroatoms. The van der Waals surface area contributed by atoms with Crippen LogP contribution in [0.1, 0.15) is 109 Å². The zero-order chi connectivity index (χ0) is 30.7. The smallest absolute Gasteiger partial charge is 0.306 e. The lowest BCUT2D eigenvalue weighted by atomic mass is 10.1. The van der Waals surface area contributed by atoms with Crippen LogP contribution in [0.25, 0.3) is 0 Å². The molecule has 0 heterocycles. The SMILES string of the molecule is CC#CC#CC#CC#CC#CC#CC#CNC(C)=O.CCCCCCCCCCCCC(=O)O[C@H](CO)COCO.[HH].[HH].[HH].[HH].[HH].[HH].[HH].[HH].[HH].[HH].[HH].[HH]. The molecule has 0 saturated heterocycles. The molecule has 1 atom stereocenters. The lowest BCUT2D eigenvalue weighted by Gasteiger charge is -2.14. The van der Waals surface area contributed by atoms with Gasteiger partial charge in [-0.05, 0) is 48.9 Å². The zero-order valence-electron chi connectivity index (χ0n) is 24.5. The maximum atomic E-state index is 11.6. The first-order chi connectivity index (χ1) is 20.0. The Bertz CT molecular complexity index is 1210. The fourth-order valence-electron chi connectivity index (χ4n) is 2.84. The van der Waals surface area contributed by atoms with Crippen LogP contribution in [0.2, 0.25) is 0 Å². The summed E-state index contributed by atoms with van der Waals surface area (Å²) in [5.41, 5.74) is 0. The van der Waals surface area contributed by atoms with Crippen LogP contribution in [0.3, 0.4) is 0 Å². The van der Waals surface area contributed by atoms with E-state index >= 15 is 0 Å². The van der Waals surface area contributed by atoms with Crippen LogP contribution < -0.4 is 5.32 Å². The molecule has 0 aliphatic rings. The Kier molecular flexibility index (Phi) is 32.0. The van der Waals surface area contributed by atoms with E-state index in [-0.39, 0.29) is 42.2 Å². The van der Waals surface area contributed by atoms with Gasteiger partial charge in [-0.1, -0.05) is 70.6 Å². The van der Waals surface area contributed by atoms with Crippen LogP contribution in [-0.4, -0.2) is 48.2 Å². The van der Waals surface area contributed by atoms with Crippen molar-refractivity contribution in [2.24, 2.45) is 0 Å². The fraction of sp³-hybridized carbons (Fsp3) is 0.529. The van der Waals surface area contributed by atoms with Gasteiger partial charge in [0.25, 0.3) is 0 Å². The number of hydrogen-bond donors (Lipinski definition) is 3. The van der Waals surface area contributed by atoms with Gasteiger partial charge in [-0.3, -0.25) is 14.9 Å². The van der Waals surface area contributed by atoms with Crippen molar-refractivity contribution in [1.29, 1.82) is 0 Å². The summed E-state index contributed by atoms with van der Waals surface area (Å²) in [6.07, 6.45) is 11.9. The van der Waals surface area contributed by atoms with Crippen molar-refractivity contribution in [3.8, 4) is 83.0 Å². The van der Waals surface area contributed by atoms with Gasteiger partial charge in [-0.25, -0.2) is 0 Å². The number of ether oxygens (including phenoxy) is 2. The first-order valence-electron chi connectivity index (χ1n) is 13.7. The number of nitrogens with one attached hydrogen (secondary N) is 1. The highest BCUT2D eigenvalue weighted by Gasteiger charge is 2.13. The lowest BCUT2D eigenvalue weighted by Crippen LogP contribution is -2.27. The molecule has 0 aromatic rings. The molecule has 0 unspecified atom stereocenters. The molecule has 41 heavy (non-hydrogen) atoms. The summed E-state index contributed by atoms with van der Waals surface area (Å²) in [6.45, 7) is 4.58. The Hall–Kier alpha value is -4.26. The first-order valence-corrected chi connectivity index (χ1v) is 13.7. The fourth-order valence-corrected chi connectivity index (χ4v) is 2.84. The van der Waals surface area contributed by atoms with Crippen molar-refractivity contribution in [1.82, 2.24) is 5.32 Å². The van der Waals surface area contributed by atoms with Gasteiger partial charge >= 0.3 is 5.97 Å². The standard InChI is InChI=1S/C17H7NO.C17H34O5.12H2/c1-3-4-5-6-7-8-9-10-11-12-13-14-15-16-18-17(2)19;1-2-3-4-5-6-7-8-9-10-11-12-17(20)22-16(13-18)14-21-15-19;;;;;;;;;;;;/h1-2H3,(H,18,19);16,18-19H,2-15H2,1H3;12*1H/t;16-;;;;;;;;;;;;/m.1............/s1. The molecule has 7 nitrogen and oxygen atoms in total. The Morgan fingerprint density at radius 2 is 1.20 bits per heavy atom. The van der Waals surface area contributed by atoms with Crippen LogP contribution >= 0.6 is 0 Å². The van der Waals surface area contributed by atoms with Crippen molar-refractivity contribution in [2.45, 2.75) is 97.5 Å². The summed E-state index contributed by atoms with van der Waals surface area (Å²) in [4.78, 5) is 22.0. The van der Waals surface area contributed by atoms with E-state index < -0.39 is 12.9 Å². The topological polar surface area (TPSA) is 105 Å². The summed E-state index contributed by atoms with van der Waals surface area (Å²) in [5.74, 6) is 31.8. The number of rotatable bonds is 16. The van der Waals surface area contributed by atoms with Crippen molar-refractivity contribution in [3.05, 3.63) is 0 Å². The molecule has 0 radical (unpaired) electrons. The average molecular weight is 584 g/mol. The highest BCUT2D eigenvalue weighted by Crippen LogP contribution is 2.11. The number of amides is 1. The zero-order valence-corrected chi connectivity index (χ0v) is 24.5. The maximum absolute atomic E-state index is 11.6. The molecule has 0 saturated carbocycles. The van der Waals surface area contributed by atoms with Gasteiger partial charge in [-0.2, -0.15) is 0 Å². The molecule has 0 spiro atoms. The largest absolute Gasteiger partial charge is 0.457 e. The van der Waals surface area contributed by atoms with Crippen molar-refractivity contribution >= 4 is 11.9 Å². The third kappa shape index (κ3) is 35.7. The van der Waals surface area contributed by atoms with E-state index in [1.54, 1.807) is 6.92 Å². The van der Waals surface area contributed by atoms with E-state index in [9.17, 15) is 9.59 Å². The van der Waals surface area contributed by atoms with Crippen LogP contribution in [-0.2, 0) is 19.1 Å². The van der Waals surface area contributed by atoms with Crippen molar-refractivity contribution in [2.75, 3.05) is 20.0 Å². The second-order valence-electron chi connectivity index (χ2n) is 8.28. The first kappa shape index (κ1) is 38.9. The van der Waals surface area contributed by atoms with Gasteiger partial charge in [0.2, 0.25) is 5.91 Å². The number of esters is 1. The Labute approximate surface area is 264 Å². The van der Waals surface area contributed by atoms with Gasteiger partial charge in [-0.15, -0.1) is 0 Å². The quantitative estimate of drug-likeness (QED) is 0.0653. The number of carbonyl (C=O) groups excluding carboxylic acids is 2. The van der Waals surface area contributed by atoms with Gasteiger partial charge in [0.1, 0.15) is 12.9 Å². The van der Waals surface area contributed by atoms with E-state index in [0.29, 0.717) is 6.42 Å². The summed E-state index contributed by atoms with van der Waals surface area (Å²) < 4.78 is 9.77. The Balaban J connectivity index is -0.0000000392. The molecule has 0 rings (SSSR count). The number of carbonyl (C=O) groups is 2. The number of hydrogen-bond acceptors (Lipinski definition) is 6. The third-order valence-electron chi connectivity index (χ3n) is 4.74.